The van der Waals surface area contributed by atoms with Crippen LogP contribution in [0.1, 0.15) is 6.42 Å². The normalized spacial score (nSPS) is 15.1. The van der Waals surface area contributed by atoms with Crippen LogP contribution in [0.25, 0.3) is 22.2 Å². The van der Waals surface area contributed by atoms with Gasteiger partial charge in [-0.2, -0.15) is 4.98 Å². The summed E-state index contributed by atoms with van der Waals surface area (Å²) >= 11 is 0. The zero-order chi connectivity index (χ0) is 22.5. The number of rotatable bonds is 8. The van der Waals surface area contributed by atoms with E-state index in [1.54, 1.807) is 20.4 Å². The van der Waals surface area contributed by atoms with Crippen LogP contribution in [0.5, 0.6) is 11.5 Å². The molecule has 0 radical (unpaired) electrons. The third-order valence-electron chi connectivity index (χ3n) is 5.79. The fourth-order valence-corrected chi connectivity index (χ4v) is 3.83. The van der Waals surface area contributed by atoms with Gasteiger partial charge in [-0.15, -0.1) is 0 Å². The number of anilines is 2. The predicted molar refractivity (Wildman–Crippen MR) is 127 cm³/mol. The van der Waals surface area contributed by atoms with Gasteiger partial charge in [0.2, 0.25) is 5.95 Å². The molecular weight excluding hydrogens is 406 g/mol. The minimum Gasteiger partial charge on any atom is -0.497 e. The molecule has 32 heavy (non-hydrogen) atoms. The second kappa shape index (κ2) is 9.97. The van der Waals surface area contributed by atoms with Crippen molar-refractivity contribution in [3.8, 4) is 22.6 Å². The van der Waals surface area contributed by atoms with Crippen LogP contribution in [0.3, 0.4) is 0 Å². The van der Waals surface area contributed by atoms with E-state index in [1.807, 2.05) is 24.3 Å². The highest BCUT2D eigenvalue weighted by Crippen LogP contribution is 2.33. The molecule has 0 amide bonds. The van der Waals surface area contributed by atoms with E-state index in [0.29, 0.717) is 28.9 Å². The number of nitrogens with one attached hydrogen (secondary N) is 1. The number of aromatic nitrogens is 3. The molecule has 1 fully saturated rings. The molecule has 1 aromatic carbocycles. The van der Waals surface area contributed by atoms with Gasteiger partial charge in [-0.25, -0.2) is 9.97 Å². The summed E-state index contributed by atoms with van der Waals surface area (Å²) in [5.41, 5.74) is 8.49. The van der Waals surface area contributed by atoms with Gasteiger partial charge >= 0.3 is 0 Å². The molecule has 1 aliphatic rings. The molecule has 3 aromatic rings. The Hall–Kier alpha value is -3.17. The molecule has 3 heterocycles. The second-order valence-corrected chi connectivity index (χ2v) is 8.05. The van der Waals surface area contributed by atoms with Crippen molar-refractivity contribution < 1.29 is 9.47 Å². The number of pyridine rings is 1. The van der Waals surface area contributed by atoms with Gasteiger partial charge in [0.25, 0.3) is 0 Å². The first kappa shape index (κ1) is 22.0. The molecule has 170 valence electrons. The molecule has 3 N–H and O–H groups in total. The molecule has 2 aromatic heterocycles. The lowest BCUT2D eigenvalue weighted by Crippen LogP contribution is -2.44. The van der Waals surface area contributed by atoms with Crippen molar-refractivity contribution in [2.75, 3.05) is 71.6 Å². The van der Waals surface area contributed by atoms with Crippen molar-refractivity contribution in [1.29, 1.82) is 0 Å². The largest absolute Gasteiger partial charge is 0.497 e. The zero-order valence-corrected chi connectivity index (χ0v) is 19.0. The number of hydrogen-bond donors (Lipinski definition) is 2. The van der Waals surface area contributed by atoms with Crippen LogP contribution >= 0.6 is 0 Å². The fraction of sp³-hybridized carbons (Fsp3) is 0.435. The van der Waals surface area contributed by atoms with E-state index in [9.17, 15) is 0 Å². The number of hydrogen-bond acceptors (Lipinski definition) is 9. The number of benzene rings is 1. The number of nitrogens with zero attached hydrogens (tertiary/aromatic N) is 5. The lowest BCUT2D eigenvalue weighted by atomic mass is 10.0. The maximum Gasteiger partial charge on any atom is 0.224 e. The van der Waals surface area contributed by atoms with Gasteiger partial charge in [0.15, 0.2) is 5.65 Å². The Balaban J connectivity index is 1.44. The lowest BCUT2D eigenvalue weighted by molar-refractivity contribution is 0.154. The molecule has 4 rings (SSSR count). The van der Waals surface area contributed by atoms with Gasteiger partial charge in [-0.1, -0.05) is 0 Å². The summed E-state index contributed by atoms with van der Waals surface area (Å²) < 4.78 is 10.7. The summed E-state index contributed by atoms with van der Waals surface area (Å²) in [5.74, 6) is 2.34. The van der Waals surface area contributed by atoms with Crippen molar-refractivity contribution in [2.24, 2.45) is 0 Å². The summed E-state index contributed by atoms with van der Waals surface area (Å²) in [7, 11) is 5.41. The monoisotopic (exact) mass is 437 g/mol. The molecule has 0 bridgehead atoms. The molecule has 0 spiro atoms. The van der Waals surface area contributed by atoms with Crippen molar-refractivity contribution in [2.45, 2.75) is 6.42 Å². The maximum atomic E-state index is 6.28. The van der Waals surface area contributed by atoms with Crippen molar-refractivity contribution >= 4 is 22.8 Å². The SMILES string of the molecule is COc1cc(OC)cc(-c2cc3cnc(NCCCN4CCN(C)CC4)nc3nc2N)c1. The third-order valence-corrected chi connectivity index (χ3v) is 5.79. The number of piperazine rings is 1. The molecule has 0 unspecified atom stereocenters. The molecule has 1 aliphatic heterocycles. The molecule has 9 nitrogen and oxygen atoms in total. The van der Waals surface area contributed by atoms with E-state index in [-0.39, 0.29) is 0 Å². The Labute approximate surface area is 188 Å². The van der Waals surface area contributed by atoms with Crippen LogP contribution in [0, 0.1) is 0 Å². The summed E-state index contributed by atoms with van der Waals surface area (Å²) in [5, 5.41) is 4.13. The van der Waals surface area contributed by atoms with E-state index in [4.69, 9.17) is 15.2 Å². The second-order valence-electron chi connectivity index (χ2n) is 8.05. The Kier molecular flexibility index (Phi) is 6.87. The number of likely N-dealkylation sites (N-methyl/N-ethyl adjacent to an activating group) is 1. The van der Waals surface area contributed by atoms with Gasteiger partial charge in [-0.3, -0.25) is 0 Å². The van der Waals surface area contributed by atoms with Gasteiger partial charge in [0.05, 0.1) is 14.2 Å². The Morgan fingerprint density at radius 1 is 1.00 bits per heavy atom. The third kappa shape index (κ3) is 5.17. The summed E-state index contributed by atoms with van der Waals surface area (Å²) in [6, 6.07) is 7.57. The zero-order valence-electron chi connectivity index (χ0n) is 19.0. The number of fused-ring (bicyclic) bond motifs is 1. The van der Waals surface area contributed by atoms with E-state index in [1.165, 1.54) is 0 Å². The quantitative estimate of drug-likeness (QED) is 0.514. The number of nitrogen functional groups attached to an aromatic ring is 1. The first-order valence-corrected chi connectivity index (χ1v) is 10.9. The summed E-state index contributed by atoms with van der Waals surface area (Å²) in [6.07, 6.45) is 2.82. The Bertz CT molecular complexity index is 1050. The van der Waals surface area contributed by atoms with Crippen LogP contribution in [-0.2, 0) is 0 Å². The number of ether oxygens (including phenoxy) is 2. The Morgan fingerprint density at radius 2 is 1.72 bits per heavy atom. The van der Waals surface area contributed by atoms with Crippen LogP contribution in [0.4, 0.5) is 11.8 Å². The molecule has 0 atom stereocenters. The van der Waals surface area contributed by atoms with Crippen molar-refractivity contribution in [3.63, 3.8) is 0 Å². The van der Waals surface area contributed by atoms with Crippen LogP contribution in [0.2, 0.25) is 0 Å². The van der Waals surface area contributed by atoms with Crippen LogP contribution in [0.15, 0.2) is 30.5 Å². The van der Waals surface area contributed by atoms with Crippen LogP contribution in [-0.4, -0.2) is 85.3 Å². The fourth-order valence-electron chi connectivity index (χ4n) is 3.83. The minimum atomic E-state index is 0.396. The van der Waals surface area contributed by atoms with Crippen molar-refractivity contribution in [3.05, 3.63) is 30.5 Å². The average molecular weight is 438 g/mol. The van der Waals surface area contributed by atoms with Crippen LogP contribution < -0.4 is 20.5 Å². The highest BCUT2D eigenvalue weighted by Gasteiger charge is 2.14. The first-order chi connectivity index (χ1) is 15.6. The van der Waals surface area contributed by atoms with Gasteiger partial charge in [0.1, 0.15) is 17.3 Å². The summed E-state index contributed by atoms with van der Waals surface area (Å²) in [6.45, 7) is 6.43. The van der Waals surface area contributed by atoms with Gasteiger partial charge in [-0.05, 0) is 43.8 Å². The van der Waals surface area contributed by atoms with E-state index >= 15 is 0 Å². The smallest absolute Gasteiger partial charge is 0.224 e. The van der Waals surface area contributed by atoms with Crippen molar-refractivity contribution in [1.82, 2.24) is 24.8 Å². The first-order valence-electron chi connectivity index (χ1n) is 10.9. The predicted octanol–water partition coefficient (Wildman–Crippen LogP) is 2.34. The van der Waals surface area contributed by atoms with Gasteiger partial charge in [0, 0.05) is 55.9 Å². The van der Waals surface area contributed by atoms with E-state index in [2.05, 4.69) is 37.1 Å². The molecule has 0 saturated carbocycles. The molecule has 9 heteroatoms. The lowest BCUT2D eigenvalue weighted by Gasteiger charge is -2.32. The summed E-state index contributed by atoms with van der Waals surface area (Å²) in [4.78, 5) is 18.4. The minimum absolute atomic E-state index is 0.396. The van der Waals surface area contributed by atoms with E-state index in [0.717, 1.165) is 62.2 Å². The number of nitrogens with two attached hydrogens (primary N) is 1. The highest BCUT2D eigenvalue weighted by molar-refractivity contribution is 5.87. The molecular formula is C23H31N7O2. The molecule has 1 saturated heterocycles. The van der Waals surface area contributed by atoms with E-state index < -0.39 is 0 Å². The number of methoxy groups -OCH3 is 2. The highest BCUT2D eigenvalue weighted by atomic mass is 16.5. The average Bonchev–Trinajstić information content (AvgIpc) is 2.82. The topological polar surface area (TPSA) is 102 Å². The standard InChI is InChI=1S/C23H31N7O2/c1-29-7-9-30(10-8-29)6-4-5-25-23-26-15-17-13-20(21(24)27-22(17)28-23)16-11-18(31-2)14-19(12-16)32-3/h11-15H,4-10H2,1-3H3,(H3,24,25,26,27,28). The Morgan fingerprint density at radius 3 is 2.41 bits per heavy atom. The van der Waals surface area contributed by atoms with Gasteiger partial charge < -0.3 is 30.3 Å². The maximum absolute atomic E-state index is 6.28. The molecule has 0 aliphatic carbocycles.